The van der Waals surface area contributed by atoms with E-state index in [9.17, 15) is 9.18 Å². The van der Waals surface area contributed by atoms with E-state index < -0.39 is 5.54 Å². The molecule has 122 valence electrons. The number of hydrogen-bond donors (Lipinski definition) is 3. The van der Waals surface area contributed by atoms with Crippen LogP contribution in [0.2, 0.25) is 0 Å². The first-order valence-electron chi connectivity index (χ1n) is 7.95. The Morgan fingerprint density at radius 1 is 1.50 bits per heavy atom. The maximum atomic E-state index is 13.5. The third-order valence-electron chi connectivity index (χ3n) is 4.59. The quantitative estimate of drug-likeness (QED) is 0.783. The number of fused-ring (bicyclic) bond motifs is 1. The Hall–Kier alpha value is -1.62. The lowest BCUT2D eigenvalue weighted by molar-refractivity contribution is 0.198. The summed E-state index contributed by atoms with van der Waals surface area (Å²) in [5, 5.41) is 15.0. The van der Waals surface area contributed by atoms with Gasteiger partial charge in [-0.05, 0) is 62.3 Å². The van der Waals surface area contributed by atoms with E-state index >= 15 is 0 Å². The van der Waals surface area contributed by atoms with Gasteiger partial charge in [0.2, 0.25) is 0 Å². The maximum absolute atomic E-state index is 13.5. The van der Waals surface area contributed by atoms with Crippen LogP contribution in [0.5, 0.6) is 0 Å². The molecule has 1 aliphatic carbocycles. The summed E-state index contributed by atoms with van der Waals surface area (Å²) in [4.78, 5) is 12.3. The summed E-state index contributed by atoms with van der Waals surface area (Å²) in [7, 11) is 0. The van der Waals surface area contributed by atoms with E-state index in [2.05, 4.69) is 10.6 Å². The van der Waals surface area contributed by atoms with E-state index in [4.69, 9.17) is 5.11 Å². The second-order valence-corrected chi connectivity index (χ2v) is 6.27. The van der Waals surface area contributed by atoms with Crippen LogP contribution < -0.4 is 10.6 Å². The van der Waals surface area contributed by atoms with Crippen LogP contribution in [0.15, 0.2) is 18.2 Å². The highest BCUT2D eigenvalue weighted by Gasteiger charge is 2.27. The number of hydrogen-bond acceptors (Lipinski definition) is 2. The summed E-state index contributed by atoms with van der Waals surface area (Å²) >= 11 is 0. The van der Waals surface area contributed by atoms with Gasteiger partial charge in [0.05, 0.1) is 6.04 Å². The number of nitrogens with one attached hydrogen (secondary N) is 2. The molecule has 2 amide bonds. The average molecular weight is 308 g/mol. The standard InChI is InChI=1S/C17H25FN2O2/c1-3-17(2,9-10-21)20-16(22)19-15-6-4-5-12-7-8-13(18)11-14(12)15/h7-8,11,15,21H,3-6,9-10H2,1-2H3,(H2,19,20,22). The number of aliphatic hydroxyl groups is 1. The summed E-state index contributed by atoms with van der Waals surface area (Å²) in [6, 6.07) is 4.37. The number of benzene rings is 1. The highest BCUT2D eigenvalue weighted by atomic mass is 19.1. The molecule has 0 saturated carbocycles. The molecule has 2 atom stereocenters. The van der Waals surface area contributed by atoms with E-state index in [-0.39, 0.29) is 24.5 Å². The van der Waals surface area contributed by atoms with Gasteiger partial charge in [0.15, 0.2) is 0 Å². The van der Waals surface area contributed by atoms with Crippen molar-refractivity contribution in [3.63, 3.8) is 0 Å². The van der Waals surface area contributed by atoms with Crippen molar-refractivity contribution >= 4 is 6.03 Å². The molecule has 0 fully saturated rings. The van der Waals surface area contributed by atoms with Gasteiger partial charge in [-0.3, -0.25) is 0 Å². The summed E-state index contributed by atoms with van der Waals surface area (Å²) in [5.41, 5.74) is 1.55. The zero-order valence-corrected chi connectivity index (χ0v) is 13.3. The van der Waals surface area contributed by atoms with Crippen molar-refractivity contribution in [2.75, 3.05) is 6.61 Å². The first-order chi connectivity index (χ1) is 10.5. The fourth-order valence-electron chi connectivity index (χ4n) is 2.96. The van der Waals surface area contributed by atoms with Crippen molar-refractivity contribution < 1.29 is 14.3 Å². The molecule has 22 heavy (non-hydrogen) atoms. The Kier molecular flexibility index (Phi) is 5.40. The molecule has 0 bridgehead atoms. The van der Waals surface area contributed by atoms with Crippen LogP contribution in [0.4, 0.5) is 9.18 Å². The van der Waals surface area contributed by atoms with Gasteiger partial charge >= 0.3 is 6.03 Å². The van der Waals surface area contributed by atoms with Gasteiger partial charge in [-0.1, -0.05) is 13.0 Å². The Labute approximate surface area is 131 Å². The molecule has 5 heteroatoms. The van der Waals surface area contributed by atoms with Gasteiger partial charge in [0.1, 0.15) is 5.82 Å². The van der Waals surface area contributed by atoms with Crippen LogP contribution in [-0.2, 0) is 6.42 Å². The molecule has 0 spiro atoms. The van der Waals surface area contributed by atoms with Crippen LogP contribution in [-0.4, -0.2) is 23.3 Å². The zero-order valence-electron chi connectivity index (χ0n) is 13.3. The molecule has 0 aromatic heterocycles. The van der Waals surface area contributed by atoms with Crippen molar-refractivity contribution in [3.05, 3.63) is 35.1 Å². The lowest BCUT2D eigenvalue weighted by Crippen LogP contribution is -2.51. The van der Waals surface area contributed by atoms with Crippen LogP contribution in [0.3, 0.4) is 0 Å². The third kappa shape index (κ3) is 3.97. The summed E-state index contributed by atoms with van der Waals surface area (Å²) < 4.78 is 13.5. The minimum atomic E-state index is -0.432. The number of rotatable bonds is 5. The topological polar surface area (TPSA) is 61.4 Å². The highest BCUT2D eigenvalue weighted by Crippen LogP contribution is 2.30. The molecule has 3 N–H and O–H groups in total. The summed E-state index contributed by atoms with van der Waals surface area (Å²) in [5.74, 6) is -0.272. The summed E-state index contributed by atoms with van der Waals surface area (Å²) in [6.45, 7) is 3.92. The van der Waals surface area contributed by atoms with Crippen LogP contribution >= 0.6 is 0 Å². The highest BCUT2D eigenvalue weighted by molar-refractivity contribution is 5.75. The SMILES string of the molecule is CCC(C)(CCO)NC(=O)NC1CCCc2ccc(F)cc21. The molecular formula is C17H25FN2O2. The van der Waals surface area contributed by atoms with Gasteiger partial charge in [-0.15, -0.1) is 0 Å². The number of halogens is 1. The van der Waals surface area contributed by atoms with Crippen LogP contribution in [0.1, 0.15) is 56.7 Å². The lowest BCUT2D eigenvalue weighted by Gasteiger charge is -2.32. The van der Waals surface area contributed by atoms with E-state index in [0.717, 1.165) is 36.8 Å². The molecule has 0 heterocycles. The number of aryl methyl sites for hydroxylation is 1. The second-order valence-electron chi connectivity index (χ2n) is 6.27. The molecule has 0 aliphatic heterocycles. The second kappa shape index (κ2) is 7.09. The molecule has 4 nitrogen and oxygen atoms in total. The molecule has 2 unspecified atom stereocenters. The molecule has 1 aliphatic rings. The molecule has 1 aromatic carbocycles. The Morgan fingerprint density at radius 2 is 2.27 bits per heavy atom. The number of urea groups is 1. The molecule has 2 rings (SSSR count). The van der Waals surface area contributed by atoms with Crippen molar-refractivity contribution in [1.82, 2.24) is 10.6 Å². The number of carbonyl (C=O) groups is 1. The van der Waals surface area contributed by atoms with Crippen LogP contribution in [0, 0.1) is 5.82 Å². The monoisotopic (exact) mass is 308 g/mol. The van der Waals surface area contributed by atoms with E-state index in [1.54, 1.807) is 6.07 Å². The minimum Gasteiger partial charge on any atom is -0.396 e. The van der Waals surface area contributed by atoms with Gasteiger partial charge in [-0.25, -0.2) is 9.18 Å². The van der Waals surface area contributed by atoms with Gasteiger partial charge in [0, 0.05) is 12.1 Å². The summed E-state index contributed by atoms with van der Waals surface area (Å²) in [6.07, 6.45) is 3.95. The van der Waals surface area contributed by atoms with Gasteiger partial charge in [0.25, 0.3) is 0 Å². The molecule has 0 saturated heterocycles. The third-order valence-corrected chi connectivity index (χ3v) is 4.59. The fraction of sp³-hybridized carbons (Fsp3) is 0.588. The number of carbonyl (C=O) groups excluding carboxylic acids is 1. The van der Waals surface area contributed by atoms with E-state index in [1.807, 2.05) is 13.8 Å². The lowest BCUT2D eigenvalue weighted by atomic mass is 9.87. The predicted molar refractivity (Wildman–Crippen MR) is 84.1 cm³/mol. The van der Waals surface area contributed by atoms with Gasteiger partial charge in [-0.2, -0.15) is 0 Å². The molecule has 1 aromatic rings. The van der Waals surface area contributed by atoms with Crippen molar-refractivity contribution in [2.24, 2.45) is 0 Å². The normalized spacial score (nSPS) is 19.9. The Morgan fingerprint density at radius 3 is 2.95 bits per heavy atom. The first kappa shape index (κ1) is 16.7. The number of aliphatic hydroxyl groups excluding tert-OH is 1. The zero-order chi connectivity index (χ0) is 16.2. The predicted octanol–water partition coefficient (Wildman–Crippen LogP) is 3.05. The van der Waals surface area contributed by atoms with Crippen molar-refractivity contribution in [2.45, 2.75) is 57.5 Å². The minimum absolute atomic E-state index is 0.0299. The van der Waals surface area contributed by atoms with Gasteiger partial charge < -0.3 is 15.7 Å². The molecule has 0 radical (unpaired) electrons. The molecular weight excluding hydrogens is 283 g/mol. The fourth-order valence-corrected chi connectivity index (χ4v) is 2.96. The Bertz CT molecular complexity index is 535. The number of amides is 2. The smallest absolute Gasteiger partial charge is 0.315 e. The average Bonchev–Trinajstić information content (AvgIpc) is 2.48. The maximum Gasteiger partial charge on any atom is 0.315 e. The Balaban J connectivity index is 2.06. The largest absolute Gasteiger partial charge is 0.396 e. The van der Waals surface area contributed by atoms with Crippen molar-refractivity contribution in [1.29, 1.82) is 0 Å². The first-order valence-corrected chi connectivity index (χ1v) is 7.95. The van der Waals surface area contributed by atoms with Crippen molar-refractivity contribution in [3.8, 4) is 0 Å². The van der Waals surface area contributed by atoms with Crippen LogP contribution in [0.25, 0.3) is 0 Å². The van der Waals surface area contributed by atoms with E-state index in [0.29, 0.717) is 6.42 Å². The van der Waals surface area contributed by atoms with E-state index in [1.165, 1.54) is 12.1 Å².